The monoisotopic (exact) mass is 387 g/mol. The number of unbranched alkanes of at least 4 members (excludes halogenated alkanes) is 1. The third-order valence-electron chi connectivity index (χ3n) is 3.84. The second-order valence-corrected chi connectivity index (χ2v) is 5.51. The normalized spacial score (nSPS) is 11.2. The quantitative estimate of drug-likeness (QED) is 0.728. The Balaban J connectivity index is 0.00000288. The molecule has 0 bridgehead atoms. The van der Waals surface area contributed by atoms with Crippen LogP contribution in [0.25, 0.3) is 5.82 Å². The molecule has 0 saturated heterocycles. The van der Waals surface area contributed by atoms with Crippen LogP contribution in [0.4, 0.5) is 0 Å². The first-order valence-electron chi connectivity index (χ1n) is 8.20. The average Bonchev–Trinajstić information content (AvgIpc) is 3.03. The number of aromatic nitrogens is 3. The molecule has 0 aromatic carbocycles. The fourth-order valence-electron chi connectivity index (χ4n) is 2.54. The van der Waals surface area contributed by atoms with Gasteiger partial charge in [-0.1, -0.05) is 32.8 Å². The standard InChI is InChI=1S/C17H25N5O.2ClH/c1-3-5-8-13(11-18)21-17(23)14-12-20-22(15(14)4-2)16-9-6-7-10-19-16;;/h6-7,9-10,12-13H,3-5,8,11,18H2,1-2H3,(H,21,23);2*1H. The van der Waals surface area contributed by atoms with Crippen LogP contribution in [0.2, 0.25) is 0 Å². The molecule has 2 aromatic rings. The summed E-state index contributed by atoms with van der Waals surface area (Å²) in [6.45, 7) is 4.58. The van der Waals surface area contributed by atoms with Crippen molar-refractivity contribution < 1.29 is 4.79 Å². The molecule has 0 radical (unpaired) electrons. The number of halogens is 2. The van der Waals surface area contributed by atoms with Crippen molar-refractivity contribution in [3.05, 3.63) is 41.9 Å². The first kappa shape index (κ1) is 23.4. The summed E-state index contributed by atoms with van der Waals surface area (Å²) in [5.41, 5.74) is 7.21. The second kappa shape index (κ2) is 11.8. The summed E-state index contributed by atoms with van der Waals surface area (Å²) in [7, 11) is 0. The summed E-state index contributed by atoms with van der Waals surface area (Å²) in [5, 5.41) is 7.36. The summed E-state index contributed by atoms with van der Waals surface area (Å²) in [6.07, 6.45) is 7.05. The molecule has 3 N–H and O–H groups in total. The first-order chi connectivity index (χ1) is 11.2. The van der Waals surface area contributed by atoms with Gasteiger partial charge in [-0.15, -0.1) is 24.8 Å². The molecule has 0 aliphatic carbocycles. The Hall–Kier alpha value is -1.63. The number of pyridine rings is 1. The zero-order chi connectivity index (χ0) is 16.7. The van der Waals surface area contributed by atoms with Gasteiger partial charge in [0, 0.05) is 18.8 Å². The summed E-state index contributed by atoms with van der Waals surface area (Å²) in [4.78, 5) is 16.9. The number of hydrogen-bond acceptors (Lipinski definition) is 4. The summed E-state index contributed by atoms with van der Waals surface area (Å²) >= 11 is 0. The number of rotatable bonds is 8. The average molecular weight is 388 g/mol. The van der Waals surface area contributed by atoms with E-state index in [4.69, 9.17) is 5.73 Å². The minimum absolute atomic E-state index is 0. The van der Waals surface area contributed by atoms with Gasteiger partial charge in [-0.2, -0.15) is 5.10 Å². The lowest BCUT2D eigenvalue weighted by Gasteiger charge is -2.16. The molecule has 140 valence electrons. The van der Waals surface area contributed by atoms with Crippen molar-refractivity contribution in [3.63, 3.8) is 0 Å². The molecule has 0 aliphatic rings. The van der Waals surface area contributed by atoms with E-state index in [1.807, 2.05) is 25.1 Å². The third kappa shape index (κ3) is 5.99. The summed E-state index contributed by atoms with van der Waals surface area (Å²) in [5.74, 6) is 0.598. The third-order valence-corrected chi connectivity index (χ3v) is 3.84. The Morgan fingerprint density at radius 1 is 1.32 bits per heavy atom. The van der Waals surface area contributed by atoms with Crippen LogP contribution in [0.5, 0.6) is 0 Å². The molecule has 8 heteroatoms. The SMILES string of the molecule is CCCCC(CN)NC(=O)c1cnn(-c2ccccn2)c1CC.Cl.Cl. The number of nitrogens with one attached hydrogen (secondary N) is 1. The molecular formula is C17H27Cl2N5O. The maximum Gasteiger partial charge on any atom is 0.255 e. The highest BCUT2D eigenvalue weighted by Gasteiger charge is 2.19. The first-order valence-corrected chi connectivity index (χ1v) is 8.20. The van der Waals surface area contributed by atoms with E-state index in [2.05, 4.69) is 22.3 Å². The van der Waals surface area contributed by atoms with Crippen LogP contribution in [-0.2, 0) is 6.42 Å². The van der Waals surface area contributed by atoms with Crippen LogP contribution in [-0.4, -0.2) is 33.3 Å². The molecule has 2 heterocycles. The predicted octanol–water partition coefficient (Wildman–Crippen LogP) is 2.92. The summed E-state index contributed by atoms with van der Waals surface area (Å²) < 4.78 is 1.72. The Bertz CT molecular complexity index is 633. The molecule has 0 aliphatic heterocycles. The van der Waals surface area contributed by atoms with Gasteiger partial charge in [-0.25, -0.2) is 9.67 Å². The fourth-order valence-corrected chi connectivity index (χ4v) is 2.54. The van der Waals surface area contributed by atoms with Gasteiger partial charge in [-0.05, 0) is 25.0 Å². The van der Waals surface area contributed by atoms with Crippen molar-refractivity contribution in [3.8, 4) is 5.82 Å². The van der Waals surface area contributed by atoms with Crippen molar-refractivity contribution >= 4 is 30.7 Å². The molecular weight excluding hydrogens is 361 g/mol. The van der Waals surface area contributed by atoms with E-state index in [0.29, 0.717) is 24.3 Å². The van der Waals surface area contributed by atoms with Crippen LogP contribution >= 0.6 is 24.8 Å². The van der Waals surface area contributed by atoms with E-state index in [-0.39, 0.29) is 36.8 Å². The highest BCUT2D eigenvalue weighted by molar-refractivity contribution is 5.95. The maximum absolute atomic E-state index is 12.6. The van der Waals surface area contributed by atoms with Crippen molar-refractivity contribution in [1.29, 1.82) is 0 Å². The maximum atomic E-state index is 12.6. The van der Waals surface area contributed by atoms with Gasteiger partial charge in [0.15, 0.2) is 5.82 Å². The number of hydrogen-bond donors (Lipinski definition) is 2. The van der Waals surface area contributed by atoms with Crippen molar-refractivity contribution in [2.45, 2.75) is 45.6 Å². The van der Waals surface area contributed by atoms with Crippen LogP contribution < -0.4 is 11.1 Å². The highest BCUT2D eigenvalue weighted by atomic mass is 35.5. The minimum atomic E-state index is -0.115. The van der Waals surface area contributed by atoms with Crippen LogP contribution in [0, 0.1) is 0 Å². The van der Waals surface area contributed by atoms with Crippen LogP contribution in [0.3, 0.4) is 0 Å². The molecule has 1 unspecified atom stereocenters. The molecule has 0 saturated carbocycles. The predicted molar refractivity (Wildman–Crippen MR) is 105 cm³/mol. The number of nitrogens with zero attached hydrogens (tertiary/aromatic N) is 3. The summed E-state index contributed by atoms with van der Waals surface area (Å²) in [6, 6.07) is 5.63. The van der Waals surface area contributed by atoms with Gasteiger partial charge in [0.05, 0.1) is 17.5 Å². The van der Waals surface area contributed by atoms with Gasteiger partial charge in [-0.3, -0.25) is 4.79 Å². The number of carbonyl (C=O) groups is 1. The zero-order valence-electron chi connectivity index (χ0n) is 14.6. The lowest BCUT2D eigenvalue weighted by molar-refractivity contribution is 0.0935. The highest BCUT2D eigenvalue weighted by Crippen LogP contribution is 2.14. The molecule has 6 nitrogen and oxygen atoms in total. The van der Waals surface area contributed by atoms with Crippen LogP contribution in [0.15, 0.2) is 30.6 Å². The molecule has 2 rings (SSSR count). The van der Waals surface area contributed by atoms with Crippen molar-refractivity contribution in [1.82, 2.24) is 20.1 Å². The van der Waals surface area contributed by atoms with Gasteiger partial charge in [0.1, 0.15) is 0 Å². The van der Waals surface area contributed by atoms with E-state index >= 15 is 0 Å². The van der Waals surface area contributed by atoms with E-state index in [9.17, 15) is 4.79 Å². The van der Waals surface area contributed by atoms with E-state index in [1.54, 1.807) is 17.1 Å². The molecule has 25 heavy (non-hydrogen) atoms. The van der Waals surface area contributed by atoms with Crippen molar-refractivity contribution in [2.24, 2.45) is 5.73 Å². The lowest BCUT2D eigenvalue weighted by atomic mass is 10.1. The Morgan fingerprint density at radius 3 is 2.64 bits per heavy atom. The minimum Gasteiger partial charge on any atom is -0.348 e. The molecule has 1 atom stereocenters. The van der Waals surface area contributed by atoms with Crippen LogP contribution in [0.1, 0.15) is 49.2 Å². The number of nitrogens with two attached hydrogens (primary N) is 1. The molecule has 0 spiro atoms. The Labute approximate surface area is 161 Å². The smallest absolute Gasteiger partial charge is 0.255 e. The number of amides is 1. The van der Waals surface area contributed by atoms with E-state index < -0.39 is 0 Å². The lowest BCUT2D eigenvalue weighted by Crippen LogP contribution is -2.40. The molecule has 0 fully saturated rings. The molecule has 1 amide bonds. The van der Waals surface area contributed by atoms with E-state index in [0.717, 1.165) is 25.0 Å². The van der Waals surface area contributed by atoms with Gasteiger partial charge in [0.2, 0.25) is 0 Å². The number of carbonyl (C=O) groups excluding carboxylic acids is 1. The van der Waals surface area contributed by atoms with Gasteiger partial charge >= 0.3 is 0 Å². The largest absolute Gasteiger partial charge is 0.348 e. The van der Waals surface area contributed by atoms with Crippen molar-refractivity contribution in [2.75, 3.05) is 6.54 Å². The second-order valence-electron chi connectivity index (χ2n) is 5.51. The zero-order valence-corrected chi connectivity index (χ0v) is 16.3. The Morgan fingerprint density at radius 2 is 2.08 bits per heavy atom. The van der Waals surface area contributed by atoms with Gasteiger partial charge < -0.3 is 11.1 Å². The Kier molecular flexibility index (Phi) is 11.1. The van der Waals surface area contributed by atoms with E-state index in [1.165, 1.54) is 0 Å². The van der Waals surface area contributed by atoms with Gasteiger partial charge in [0.25, 0.3) is 5.91 Å². The topological polar surface area (TPSA) is 85.8 Å². The molecule has 2 aromatic heterocycles. The fraction of sp³-hybridized carbons (Fsp3) is 0.471.